The number of aromatic nitrogens is 2. The highest BCUT2D eigenvalue weighted by atomic mass is 16.2. The van der Waals surface area contributed by atoms with Crippen LogP contribution in [0.4, 0.5) is 5.69 Å². The first-order chi connectivity index (χ1) is 14.6. The second kappa shape index (κ2) is 7.71. The molecular formula is C25H27N3O2. The van der Waals surface area contributed by atoms with Crippen LogP contribution in [0.2, 0.25) is 0 Å². The Hall–Kier alpha value is -2.95. The lowest BCUT2D eigenvalue weighted by Gasteiger charge is -2.35. The third kappa shape index (κ3) is 3.22. The highest BCUT2D eigenvalue weighted by Crippen LogP contribution is 2.32. The molecule has 0 bridgehead atoms. The van der Waals surface area contributed by atoms with Gasteiger partial charge in [-0.05, 0) is 62.4 Å². The van der Waals surface area contributed by atoms with Crippen molar-refractivity contribution in [2.75, 3.05) is 4.90 Å². The predicted molar refractivity (Wildman–Crippen MR) is 119 cm³/mol. The molecule has 0 fully saturated rings. The second-order valence-electron chi connectivity index (χ2n) is 8.57. The minimum Gasteiger partial charge on any atom is -0.305 e. The van der Waals surface area contributed by atoms with Crippen molar-refractivity contribution < 1.29 is 4.79 Å². The van der Waals surface area contributed by atoms with Gasteiger partial charge < -0.3 is 4.90 Å². The molecule has 0 aliphatic carbocycles. The van der Waals surface area contributed by atoms with Crippen LogP contribution in [0.15, 0.2) is 47.3 Å². The van der Waals surface area contributed by atoms with Gasteiger partial charge in [-0.25, -0.2) is 4.98 Å². The molecule has 0 saturated heterocycles. The average molecular weight is 402 g/mol. The third-order valence-corrected chi connectivity index (χ3v) is 6.56. The van der Waals surface area contributed by atoms with Crippen molar-refractivity contribution in [1.82, 2.24) is 9.55 Å². The number of benzene rings is 2. The zero-order valence-corrected chi connectivity index (χ0v) is 17.4. The zero-order chi connectivity index (χ0) is 20.7. The smallest absolute Gasteiger partial charge is 0.261 e. The van der Waals surface area contributed by atoms with Crippen LogP contribution in [-0.4, -0.2) is 21.5 Å². The highest BCUT2D eigenvalue weighted by Gasteiger charge is 2.29. The van der Waals surface area contributed by atoms with Crippen LogP contribution < -0.4 is 10.5 Å². The van der Waals surface area contributed by atoms with E-state index in [1.165, 1.54) is 12.0 Å². The number of rotatable bonds is 1. The Morgan fingerprint density at radius 3 is 2.77 bits per heavy atom. The maximum Gasteiger partial charge on any atom is 0.261 e. The number of aryl methyl sites for hydroxylation is 2. The van der Waals surface area contributed by atoms with Gasteiger partial charge in [0.15, 0.2) is 0 Å². The summed E-state index contributed by atoms with van der Waals surface area (Å²) >= 11 is 0. The van der Waals surface area contributed by atoms with Crippen molar-refractivity contribution in [2.45, 2.75) is 64.5 Å². The number of carbonyl (C=O) groups is 1. The van der Waals surface area contributed by atoms with E-state index in [-0.39, 0.29) is 17.5 Å². The van der Waals surface area contributed by atoms with E-state index in [0.717, 1.165) is 56.6 Å². The third-order valence-electron chi connectivity index (χ3n) is 6.56. The zero-order valence-electron chi connectivity index (χ0n) is 17.4. The highest BCUT2D eigenvalue weighted by molar-refractivity contribution is 6.08. The Kier molecular flexibility index (Phi) is 4.89. The number of amides is 1. The van der Waals surface area contributed by atoms with E-state index in [4.69, 9.17) is 4.98 Å². The summed E-state index contributed by atoms with van der Waals surface area (Å²) in [7, 11) is 0. The van der Waals surface area contributed by atoms with Gasteiger partial charge in [0.05, 0.1) is 10.9 Å². The first-order valence-corrected chi connectivity index (χ1v) is 11.1. The fourth-order valence-corrected chi connectivity index (χ4v) is 4.86. The quantitative estimate of drug-likeness (QED) is 0.603. The molecular weight excluding hydrogens is 374 g/mol. The van der Waals surface area contributed by atoms with Gasteiger partial charge in [-0.2, -0.15) is 0 Å². The van der Waals surface area contributed by atoms with E-state index in [0.29, 0.717) is 16.5 Å². The average Bonchev–Trinajstić information content (AvgIpc) is 2.74. The molecule has 2 aliphatic rings. The fraction of sp³-hybridized carbons (Fsp3) is 0.400. The van der Waals surface area contributed by atoms with Gasteiger partial charge in [0.2, 0.25) is 0 Å². The molecule has 0 unspecified atom stereocenters. The van der Waals surface area contributed by atoms with Crippen molar-refractivity contribution in [3.05, 3.63) is 69.8 Å². The van der Waals surface area contributed by atoms with Crippen molar-refractivity contribution in [2.24, 2.45) is 0 Å². The Bertz CT molecular complexity index is 1180. The van der Waals surface area contributed by atoms with Crippen LogP contribution >= 0.6 is 0 Å². The number of carbonyl (C=O) groups excluding carboxylic acids is 1. The minimum absolute atomic E-state index is 0.0209. The number of hydrogen-bond donors (Lipinski definition) is 0. The summed E-state index contributed by atoms with van der Waals surface area (Å²) in [5, 5.41) is 0.600. The molecule has 0 radical (unpaired) electrons. The molecule has 1 amide bonds. The largest absolute Gasteiger partial charge is 0.305 e. The number of anilines is 1. The van der Waals surface area contributed by atoms with Crippen LogP contribution in [0.3, 0.4) is 0 Å². The normalized spacial score (nSPS) is 19.0. The van der Waals surface area contributed by atoms with Gasteiger partial charge >= 0.3 is 0 Å². The maximum atomic E-state index is 13.5. The molecule has 0 N–H and O–H groups in total. The second-order valence-corrected chi connectivity index (χ2v) is 8.57. The maximum absolute atomic E-state index is 13.5. The number of nitrogens with zero attached hydrogens (tertiary/aromatic N) is 3. The van der Waals surface area contributed by atoms with E-state index in [1.807, 2.05) is 33.7 Å². The van der Waals surface area contributed by atoms with E-state index < -0.39 is 0 Å². The summed E-state index contributed by atoms with van der Waals surface area (Å²) < 4.78 is 1.84. The summed E-state index contributed by atoms with van der Waals surface area (Å²) in [5.41, 5.74) is 3.45. The van der Waals surface area contributed by atoms with Crippen molar-refractivity contribution in [1.29, 1.82) is 0 Å². The first-order valence-electron chi connectivity index (χ1n) is 11.1. The van der Waals surface area contributed by atoms with E-state index >= 15 is 0 Å². The Balaban J connectivity index is 1.58. The van der Waals surface area contributed by atoms with Gasteiger partial charge in [-0.15, -0.1) is 0 Å². The Morgan fingerprint density at radius 2 is 1.87 bits per heavy atom. The van der Waals surface area contributed by atoms with Crippen molar-refractivity contribution >= 4 is 22.5 Å². The van der Waals surface area contributed by atoms with Gasteiger partial charge in [0.1, 0.15) is 5.82 Å². The van der Waals surface area contributed by atoms with Crippen LogP contribution in [0, 0.1) is 0 Å². The molecule has 5 heteroatoms. The Morgan fingerprint density at radius 1 is 1.03 bits per heavy atom. The fourth-order valence-electron chi connectivity index (χ4n) is 4.86. The molecule has 2 aromatic carbocycles. The monoisotopic (exact) mass is 401 g/mol. The van der Waals surface area contributed by atoms with Crippen LogP contribution in [0.25, 0.3) is 10.9 Å². The van der Waals surface area contributed by atoms with E-state index in [1.54, 1.807) is 12.1 Å². The molecule has 2 aliphatic heterocycles. The predicted octanol–water partition coefficient (Wildman–Crippen LogP) is 4.49. The number of fused-ring (bicyclic) bond motifs is 3. The minimum atomic E-state index is -0.0230. The summed E-state index contributed by atoms with van der Waals surface area (Å²) in [5.74, 6) is 0.832. The van der Waals surface area contributed by atoms with E-state index in [2.05, 4.69) is 13.0 Å². The molecule has 154 valence electrons. The lowest BCUT2D eigenvalue weighted by atomic mass is 9.95. The SMILES string of the molecule is C[C@H]1CCc2ccccc2N1C(=O)c1ccc2c(=O)n3c(nc2c1)CCCCCC3. The van der Waals surface area contributed by atoms with Crippen LogP contribution in [0.5, 0.6) is 0 Å². The Labute approximate surface area is 176 Å². The van der Waals surface area contributed by atoms with Gasteiger partial charge in [0.25, 0.3) is 11.5 Å². The molecule has 3 heterocycles. The lowest BCUT2D eigenvalue weighted by Crippen LogP contribution is -2.42. The molecule has 1 aromatic heterocycles. The van der Waals surface area contributed by atoms with Gasteiger partial charge in [-0.1, -0.05) is 31.0 Å². The van der Waals surface area contributed by atoms with Gasteiger partial charge in [-0.3, -0.25) is 14.2 Å². The number of para-hydroxylation sites is 1. The molecule has 1 atom stereocenters. The molecule has 3 aromatic rings. The molecule has 30 heavy (non-hydrogen) atoms. The van der Waals surface area contributed by atoms with Crippen molar-refractivity contribution in [3.63, 3.8) is 0 Å². The lowest BCUT2D eigenvalue weighted by molar-refractivity contribution is 0.0975. The standard InChI is InChI=1S/C25H27N3O2/c1-17-11-12-18-8-5-6-9-22(18)28(17)24(29)19-13-14-20-21(16-19)26-23-10-4-2-3-7-15-27(23)25(20)30/h5-6,8-9,13-14,16-17H,2-4,7,10-12,15H2,1H3/t17-/m0/s1. The first kappa shape index (κ1) is 19.0. The number of hydrogen-bond acceptors (Lipinski definition) is 3. The topological polar surface area (TPSA) is 55.2 Å². The summed E-state index contributed by atoms with van der Waals surface area (Å²) in [4.78, 5) is 33.3. The van der Waals surface area contributed by atoms with E-state index in [9.17, 15) is 9.59 Å². The van der Waals surface area contributed by atoms with Gasteiger partial charge in [0, 0.05) is 30.3 Å². The summed E-state index contributed by atoms with van der Waals surface area (Å²) in [6.45, 7) is 2.84. The molecule has 5 rings (SSSR count). The molecule has 5 nitrogen and oxygen atoms in total. The molecule has 0 spiro atoms. The van der Waals surface area contributed by atoms with Crippen LogP contribution in [0.1, 0.15) is 60.8 Å². The molecule has 0 saturated carbocycles. The van der Waals surface area contributed by atoms with Crippen molar-refractivity contribution in [3.8, 4) is 0 Å². The summed E-state index contributed by atoms with van der Waals surface area (Å²) in [6.07, 6.45) is 7.17. The summed E-state index contributed by atoms with van der Waals surface area (Å²) in [6, 6.07) is 13.6. The van der Waals surface area contributed by atoms with Crippen LogP contribution in [-0.2, 0) is 19.4 Å².